The molecule has 0 spiro atoms. The molecule has 2 atom stereocenters. The van der Waals surface area contributed by atoms with Gasteiger partial charge < -0.3 is 4.90 Å². The number of hydrogen-bond acceptors (Lipinski definition) is 5. The van der Waals surface area contributed by atoms with E-state index in [1.165, 1.54) is 25.4 Å². The largest absolute Gasteiger partial charge is 0.323 e. The van der Waals surface area contributed by atoms with Crippen LogP contribution in [-0.2, 0) is 10.0 Å². The predicted molar refractivity (Wildman–Crippen MR) is 87.8 cm³/mol. The Kier molecular flexibility index (Phi) is 5.23. The van der Waals surface area contributed by atoms with Crippen LogP contribution in [0.1, 0.15) is 13.8 Å². The van der Waals surface area contributed by atoms with Crippen molar-refractivity contribution in [3.05, 3.63) is 18.3 Å². The second-order valence-corrected chi connectivity index (χ2v) is 7.56. The summed E-state index contributed by atoms with van der Waals surface area (Å²) in [6.45, 7) is 5.54. The van der Waals surface area contributed by atoms with E-state index in [9.17, 15) is 13.2 Å². The third-order valence-corrected chi connectivity index (χ3v) is 5.79. The standard InChI is InChI=1S/C14H23N5O3S/c1-10-11(2)19(8-7-18(10)4)14(20)17-13-6-5-12(9-16-13)23(21,22)15-3/h5-6,9-11,15H,7-8H2,1-4H3,(H,16,17,20). The highest BCUT2D eigenvalue weighted by Gasteiger charge is 2.31. The highest BCUT2D eigenvalue weighted by Crippen LogP contribution is 2.17. The van der Waals surface area contributed by atoms with Crippen LogP contribution < -0.4 is 10.0 Å². The van der Waals surface area contributed by atoms with Gasteiger partial charge in [-0.15, -0.1) is 0 Å². The Balaban J connectivity index is 2.06. The number of anilines is 1. The van der Waals surface area contributed by atoms with Gasteiger partial charge in [0, 0.05) is 31.4 Å². The predicted octanol–water partition coefficient (Wildman–Crippen LogP) is 0.546. The van der Waals surface area contributed by atoms with Gasteiger partial charge in [0.1, 0.15) is 10.7 Å². The van der Waals surface area contributed by atoms with Crippen molar-refractivity contribution >= 4 is 21.9 Å². The number of carbonyl (C=O) groups is 1. The first-order valence-electron chi connectivity index (χ1n) is 7.43. The molecule has 0 radical (unpaired) electrons. The maximum Gasteiger partial charge on any atom is 0.323 e. The van der Waals surface area contributed by atoms with Crippen LogP contribution in [0.2, 0.25) is 0 Å². The molecule has 0 aliphatic carbocycles. The fourth-order valence-corrected chi connectivity index (χ4v) is 3.17. The third kappa shape index (κ3) is 3.80. The van der Waals surface area contributed by atoms with Crippen LogP contribution in [0.4, 0.5) is 10.6 Å². The van der Waals surface area contributed by atoms with E-state index >= 15 is 0 Å². The van der Waals surface area contributed by atoms with Gasteiger partial charge in [-0.1, -0.05) is 0 Å². The number of amides is 2. The zero-order valence-corrected chi connectivity index (χ0v) is 14.6. The smallest absolute Gasteiger partial charge is 0.319 e. The lowest BCUT2D eigenvalue weighted by atomic mass is 10.1. The molecular weight excluding hydrogens is 318 g/mol. The SMILES string of the molecule is CNS(=O)(=O)c1ccc(NC(=O)N2CCN(C)C(C)C2C)nc1. The Morgan fingerprint density at radius 2 is 1.96 bits per heavy atom. The third-order valence-electron chi connectivity index (χ3n) is 4.39. The van der Waals surface area contributed by atoms with Crippen LogP contribution in [-0.4, -0.2) is 68.5 Å². The molecule has 128 valence electrons. The minimum atomic E-state index is -3.53. The summed E-state index contributed by atoms with van der Waals surface area (Å²) in [6.07, 6.45) is 1.22. The molecule has 1 aliphatic heterocycles. The maximum atomic E-state index is 12.4. The summed E-state index contributed by atoms with van der Waals surface area (Å²) in [5.74, 6) is 0.323. The van der Waals surface area contributed by atoms with Crippen LogP contribution >= 0.6 is 0 Å². The van der Waals surface area contributed by atoms with Crippen LogP contribution in [0.15, 0.2) is 23.2 Å². The molecule has 1 aromatic heterocycles. The van der Waals surface area contributed by atoms with Gasteiger partial charge in [0.15, 0.2) is 0 Å². The lowest BCUT2D eigenvalue weighted by molar-refractivity contribution is 0.0795. The molecule has 0 bridgehead atoms. The first-order chi connectivity index (χ1) is 10.8. The van der Waals surface area contributed by atoms with Crippen molar-refractivity contribution in [1.29, 1.82) is 0 Å². The van der Waals surface area contributed by atoms with Gasteiger partial charge in [0.2, 0.25) is 10.0 Å². The molecular formula is C14H23N5O3S. The lowest BCUT2D eigenvalue weighted by Crippen LogP contribution is -2.58. The molecule has 1 aromatic rings. The number of carbonyl (C=O) groups excluding carboxylic acids is 1. The minimum Gasteiger partial charge on any atom is -0.319 e. The number of nitrogens with one attached hydrogen (secondary N) is 2. The molecule has 1 aliphatic rings. The average Bonchev–Trinajstić information content (AvgIpc) is 2.53. The second-order valence-electron chi connectivity index (χ2n) is 5.67. The summed E-state index contributed by atoms with van der Waals surface area (Å²) < 4.78 is 25.5. The summed E-state index contributed by atoms with van der Waals surface area (Å²) in [6, 6.07) is 3.01. The van der Waals surface area contributed by atoms with Crippen molar-refractivity contribution in [2.75, 3.05) is 32.5 Å². The summed E-state index contributed by atoms with van der Waals surface area (Å²) >= 11 is 0. The zero-order valence-electron chi connectivity index (χ0n) is 13.8. The molecule has 0 saturated carbocycles. The number of piperazine rings is 1. The first kappa shape index (κ1) is 17.6. The molecule has 0 aromatic carbocycles. The average molecular weight is 341 g/mol. The summed E-state index contributed by atoms with van der Waals surface area (Å²) in [7, 11) is -0.152. The quantitative estimate of drug-likeness (QED) is 0.837. The van der Waals surface area contributed by atoms with Crippen molar-refractivity contribution in [1.82, 2.24) is 19.5 Å². The van der Waals surface area contributed by atoms with Crippen molar-refractivity contribution in [2.45, 2.75) is 30.8 Å². The Morgan fingerprint density at radius 3 is 2.52 bits per heavy atom. The van der Waals surface area contributed by atoms with Gasteiger partial charge in [-0.2, -0.15) is 0 Å². The number of pyridine rings is 1. The van der Waals surface area contributed by atoms with E-state index in [1.54, 1.807) is 4.90 Å². The molecule has 2 amide bonds. The van der Waals surface area contributed by atoms with Gasteiger partial charge >= 0.3 is 6.03 Å². The molecule has 9 heteroatoms. The Bertz CT molecular complexity index is 661. The zero-order chi connectivity index (χ0) is 17.2. The van der Waals surface area contributed by atoms with Crippen molar-refractivity contribution in [3.8, 4) is 0 Å². The van der Waals surface area contributed by atoms with E-state index in [2.05, 4.69) is 26.8 Å². The number of likely N-dealkylation sites (N-methyl/N-ethyl adjacent to an activating group) is 1. The Morgan fingerprint density at radius 1 is 1.26 bits per heavy atom. The minimum absolute atomic E-state index is 0.0552. The number of urea groups is 1. The molecule has 2 unspecified atom stereocenters. The molecule has 2 rings (SSSR count). The van der Waals surface area contributed by atoms with Crippen LogP contribution in [0.25, 0.3) is 0 Å². The molecule has 2 N–H and O–H groups in total. The van der Waals surface area contributed by atoms with Gasteiger partial charge in [0.25, 0.3) is 0 Å². The van der Waals surface area contributed by atoms with Crippen molar-refractivity contribution in [3.63, 3.8) is 0 Å². The Labute approximate surface area is 136 Å². The van der Waals surface area contributed by atoms with Crippen molar-refractivity contribution in [2.24, 2.45) is 0 Å². The Hall–Kier alpha value is -1.71. The summed E-state index contributed by atoms with van der Waals surface area (Å²) in [4.78, 5) is 20.4. The normalized spacial score (nSPS) is 22.9. The van der Waals surface area contributed by atoms with Crippen LogP contribution in [0.5, 0.6) is 0 Å². The topological polar surface area (TPSA) is 94.6 Å². The molecule has 2 heterocycles. The fraction of sp³-hybridized carbons (Fsp3) is 0.571. The summed E-state index contributed by atoms with van der Waals surface area (Å²) in [5, 5.41) is 2.72. The van der Waals surface area contributed by atoms with E-state index < -0.39 is 10.0 Å². The van der Waals surface area contributed by atoms with Gasteiger partial charge in [0.05, 0.1) is 0 Å². The molecule has 8 nitrogen and oxygen atoms in total. The lowest BCUT2D eigenvalue weighted by Gasteiger charge is -2.43. The first-order valence-corrected chi connectivity index (χ1v) is 8.92. The van der Waals surface area contributed by atoms with Crippen molar-refractivity contribution < 1.29 is 13.2 Å². The van der Waals surface area contributed by atoms with Crippen LogP contribution in [0, 0.1) is 0 Å². The molecule has 23 heavy (non-hydrogen) atoms. The molecule has 1 saturated heterocycles. The van der Waals surface area contributed by atoms with Gasteiger partial charge in [-0.05, 0) is 40.1 Å². The van der Waals surface area contributed by atoms with E-state index in [-0.39, 0.29) is 23.0 Å². The van der Waals surface area contributed by atoms with E-state index in [1.807, 2.05) is 14.0 Å². The highest BCUT2D eigenvalue weighted by atomic mass is 32.2. The molecule has 1 fully saturated rings. The number of nitrogens with zero attached hydrogens (tertiary/aromatic N) is 3. The van der Waals surface area contributed by atoms with E-state index in [0.29, 0.717) is 12.4 Å². The highest BCUT2D eigenvalue weighted by molar-refractivity contribution is 7.89. The van der Waals surface area contributed by atoms with Gasteiger partial charge in [-0.25, -0.2) is 22.9 Å². The maximum absolute atomic E-state index is 12.4. The summed E-state index contributed by atoms with van der Waals surface area (Å²) in [5.41, 5.74) is 0. The number of aromatic nitrogens is 1. The number of sulfonamides is 1. The number of rotatable bonds is 3. The number of hydrogen-bond donors (Lipinski definition) is 2. The fourth-order valence-electron chi connectivity index (χ4n) is 2.50. The monoisotopic (exact) mass is 341 g/mol. The van der Waals surface area contributed by atoms with Gasteiger partial charge in [-0.3, -0.25) is 10.2 Å². The van der Waals surface area contributed by atoms with E-state index in [0.717, 1.165) is 6.54 Å². The second kappa shape index (κ2) is 6.81. The van der Waals surface area contributed by atoms with Crippen LogP contribution in [0.3, 0.4) is 0 Å². The van der Waals surface area contributed by atoms with E-state index in [4.69, 9.17) is 0 Å².